The van der Waals surface area contributed by atoms with E-state index in [2.05, 4.69) is 0 Å². The lowest BCUT2D eigenvalue weighted by Crippen LogP contribution is -2.16. The Kier molecular flexibility index (Phi) is 8.90. The summed E-state index contributed by atoms with van der Waals surface area (Å²) in [6.07, 6.45) is 2.16. The van der Waals surface area contributed by atoms with Crippen LogP contribution in [0.3, 0.4) is 0 Å². The molecule has 39 heavy (non-hydrogen) atoms. The number of rotatable bonds is 9. The van der Waals surface area contributed by atoms with Crippen LogP contribution in [-0.2, 0) is 0 Å². The van der Waals surface area contributed by atoms with Crippen LogP contribution in [0.4, 0.5) is 26.3 Å². The normalized spacial score (nSPS) is 16.1. The van der Waals surface area contributed by atoms with Gasteiger partial charge in [-0.2, -0.15) is 8.78 Å². The van der Waals surface area contributed by atoms with Crippen LogP contribution in [0.1, 0.15) is 56.8 Å². The lowest BCUT2D eigenvalue weighted by atomic mass is 9.86. The van der Waals surface area contributed by atoms with Crippen LogP contribution in [0.5, 0.6) is 11.5 Å². The van der Waals surface area contributed by atoms with Gasteiger partial charge in [0, 0.05) is 22.3 Å². The van der Waals surface area contributed by atoms with E-state index < -0.39 is 52.1 Å². The molecule has 2 atom stereocenters. The van der Waals surface area contributed by atoms with Gasteiger partial charge in [-0.25, -0.2) is 17.6 Å². The summed E-state index contributed by atoms with van der Waals surface area (Å²) in [6.45, 7) is 3.44. The third kappa shape index (κ3) is 5.78. The Morgan fingerprint density at radius 2 is 1.31 bits per heavy atom. The summed E-state index contributed by atoms with van der Waals surface area (Å²) in [6, 6.07) is 7.40. The average Bonchev–Trinajstić information content (AvgIpc) is 2.94. The third-order valence-corrected chi connectivity index (χ3v) is 6.88. The van der Waals surface area contributed by atoms with Gasteiger partial charge in [-0.15, -0.1) is 0 Å². The molecule has 4 rings (SSSR count). The van der Waals surface area contributed by atoms with E-state index >= 15 is 4.39 Å². The van der Waals surface area contributed by atoms with Gasteiger partial charge in [-0.05, 0) is 68.4 Å². The van der Waals surface area contributed by atoms with Crippen molar-refractivity contribution in [2.75, 3.05) is 13.2 Å². The Bertz CT molecular complexity index is 1390. The van der Waals surface area contributed by atoms with Gasteiger partial charge in [0.2, 0.25) is 11.6 Å². The molecule has 0 heterocycles. The molecule has 2 unspecified atom stereocenters. The van der Waals surface area contributed by atoms with Crippen LogP contribution < -0.4 is 9.47 Å². The van der Waals surface area contributed by atoms with Crippen LogP contribution in [0, 0.1) is 40.8 Å². The largest absolute Gasteiger partial charge is 0.491 e. The number of halogens is 6. The molecule has 1 aliphatic carbocycles. The highest BCUT2D eigenvalue weighted by Gasteiger charge is 2.25. The highest BCUT2D eigenvalue weighted by molar-refractivity contribution is 5.72. The maximum atomic E-state index is 15.1. The number of allylic oxidation sites excluding steroid dienone is 2. The summed E-state index contributed by atoms with van der Waals surface area (Å²) in [4.78, 5) is 0. The van der Waals surface area contributed by atoms with Crippen LogP contribution >= 0.6 is 0 Å². The highest BCUT2D eigenvalue weighted by atomic mass is 19.2. The van der Waals surface area contributed by atoms with Crippen molar-refractivity contribution >= 4 is 5.57 Å². The molecule has 0 spiro atoms. The van der Waals surface area contributed by atoms with Crippen molar-refractivity contribution in [3.05, 3.63) is 88.5 Å². The van der Waals surface area contributed by atoms with Crippen molar-refractivity contribution in [1.82, 2.24) is 0 Å². The summed E-state index contributed by atoms with van der Waals surface area (Å²) in [5.74, 6) is -8.07. The van der Waals surface area contributed by atoms with Crippen LogP contribution in [-0.4, -0.2) is 18.3 Å². The molecule has 0 saturated carbocycles. The first-order chi connectivity index (χ1) is 18.7. The monoisotopic (exact) mass is 550 g/mol. The van der Waals surface area contributed by atoms with Gasteiger partial charge in [-0.3, -0.25) is 0 Å². The van der Waals surface area contributed by atoms with Crippen molar-refractivity contribution in [3.63, 3.8) is 0 Å². The molecule has 0 saturated heterocycles. The number of ether oxygens (including phenoxy) is 2. The van der Waals surface area contributed by atoms with Crippen LogP contribution in [0.25, 0.3) is 16.7 Å². The van der Waals surface area contributed by atoms with E-state index in [1.165, 1.54) is 24.3 Å². The number of aliphatic hydroxyl groups excluding tert-OH is 1. The smallest absolute Gasteiger partial charge is 0.201 e. The summed E-state index contributed by atoms with van der Waals surface area (Å²) < 4.78 is 98.0. The Morgan fingerprint density at radius 1 is 0.744 bits per heavy atom. The predicted molar refractivity (Wildman–Crippen MR) is 135 cm³/mol. The predicted octanol–water partition coefficient (Wildman–Crippen LogP) is 8.29. The number of hydrogen-bond donors (Lipinski definition) is 1. The zero-order chi connectivity index (χ0) is 28.3. The van der Waals surface area contributed by atoms with Gasteiger partial charge in [-0.1, -0.05) is 25.1 Å². The van der Waals surface area contributed by atoms with Gasteiger partial charge in [0.15, 0.2) is 34.8 Å². The SMILES string of the molecule is CCOc1ccc(-c2ccc(C3=CCC(COc4ccc(C(O)CC)c(F)c4F)CC3)c(F)c2F)c(F)c1F. The number of benzene rings is 3. The minimum atomic E-state index is -1.33. The quantitative estimate of drug-likeness (QED) is 0.273. The first-order valence-electron chi connectivity index (χ1n) is 12.7. The minimum absolute atomic E-state index is 0.0145. The lowest BCUT2D eigenvalue weighted by molar-refractivity contribution is 0.166. The molecule has 0 aromatic heterocycles. The van der Waals surface area contributed by atoms with Crippen LogP contribution in [0.15, 0.2) is 42.5 Å². The first kappa shape index (κ1) is 28.5. The van der Waals surface area contributed by atoms with E-state index in [4.69, 9.17) is 9.47 Å². The second-order valence-electron chi connectivity index (χ2n) is 9.35. The lowest BCUT2D eigenvalue weighted by Gasteiger charge is -2.23. The second-order valence-corrected chi connectivity index (χ2v) is 9.35. The van der Waals surface area contributed by atoms with E-state index in [0.29, 0.717) is 24.8 Å². The van der Waals surface area contributed by atoms with E-state index in [0.717, 1.165) is 12.1 Å². The molecule has 3 aromatic carbocycles. The minimum Gasteiger partial charge on any atom is -0.491 e. The molecule has 3 nitrogen and oxygen atoms in total. The fourth-order valence-corrected chi connectivity index (χ4v) is 4.64. The summed E-state index contributed by atoms with van der Waals surface area (Å²) >= 11 is 0. The van der Waals surface area contributed by atoms with Gasteiger partial charge in [0.05, 0.1) is 19.3 Å². The molecule has 0 fully saturated rings. The number of hydrogen-bond acceptors (Lipinski definition) is 3. The molecular formula is C30H28F6O3. The van der Waals surface area contributed by atoms with E-state index in [1.54, 1.807) is 19.9 Å². The Labute approximate surface area is 222 Å². The maximum absolute atomic E-state index is 15.1. The maximum Gasteiger partial charge on any atom is 0.201 e. The van der Waals surface area contributed by atoms with Crippen LogP contribution in [0.2, 0.25) is 0 Å². The van der Waals surface area contributed by atoms with Crippen molar-refractivity contribution in [1.29, 1.82) is 0 Å². The summed E-state index contributed by atoms with van der Waals surface area (Å²) in [5, 5.41) is 9.80. The fourth-order valence-electron chi connectivity index (χ4n) is 4.64. The van der Waals surface area contributed by atoms with E-state index in [-0.39, 0.29) is 48.2 Å². The standard InChI is InChI=1S/C30H28F6O3/c1-3-22(37)21-12-14-24(30(36)28(21)34)39-15-16-5-7-17(8-6-16)18-9-10-19(26(32)25(18)31)20-11-13-23(38-4-2)29(35)27(20)33/h7,9-14,16,22,37H,3-6,8,15H2,1-2H3. The van der Waals surface area contributed by atoms with Gasteiger partial charge < -0.3 is 14.6 Å². The molecular weight excluding hydrogens is 522 g/mol. The first-order valence-corrected chi connectivity index (χ1v) is 12.7. The van der Waals surface area contributed by atoms with E-state index in [9.17, 15) is 27.1 Å². The highest BCUT2D eigenvalue weighted by Crippen LogP contribution is 2.37. The van der Waals surface area contributed by atoms with E-state index in [1.807, 2.05) is 0 Å². The molecule has 1 aliphatic rings. The Morgan fingerprint density at radius 3 is 1.95 bits per heavy atom. The van der Waals surface area contributed by atoms with Crippen molar-refractivity contribution in [3.8, 4) is 22.6 Å². The molecule has 0 aliphatic heterocycles. The summed E-state index contributed by atoms with van der Waals surface area (Å²) in [5.41, 5.74) is -0.411. The topological polar surface area (TPSA) is 38.7 Å². The van der Waals surface area contributed by atoms with Gasteiger partial charge in [0.1, 0.15) is 0 Å². The molecule has 0 amide bonds. The Hall–Kier alpha value is -3.46. The fraction of sp³-hybridized carbons (Fsp3) is 0.333. The molecule has 3 aromatic rings. The molecule has 0 radical (unpaired) electrons. The molecule has 0 bridgehead atoms. The van der Waals surface area contributed by atoms with Gasteiger partial charge in [0.25, 0.3) is 0 Å². The molecule has 208 valence electrons. The molecule has 1 N–H and O–H groups in total. The van der Waals surface area contributed by atoms with Crippen molar-refractivity contribution in [2.24, 2.45) is 5.92 Å². The summed E-state index contributed by atoms with van der Waals surface area (Å²) in [7, 11) is 0. The van der Waals surface area contributed by atoms with Crippen molar-refractivity contribution < 1.29 is 40.9 Å². The Balaban J connectivity index is 1.46. The van der Waals surface area contributed by atoms with Gasteiger partial charge >= 0.3 is 0 Å². The zero-order valence-electron chi connectivity index (χ0n) is 21.5. The average molecular weight is 551 g/mol. The van der Waals surface area contributed by atoms with Crippen molar-refractivity contribution in [2.45, 2.75) is 45.6 Å². The zero-order valence-corrected chi connectivity index (χ0v) is 21.5. The second kappa shape index (κ2) is 12.2. The number of aliphatic hydroxyl groups is 1. The third-order valence-electron chi connectivity index (χ3n) is 6.88. The molecule has 9 heteroatoms.